The number of aryl methyl sites for hydroxylation is 1. The summed E-state index contributed by atoms with van der Waals surface area (Å²) in [4.78, 5) is 7.28. The van der Waals surface area contributed by atoms with E-state index >= 15 is 0 Å². The van der Waals surface area contributed by atoms with Gasteiger partial charge in [-0.15, -0.1) is 23.7 Å². The van der Waals surface area contributed by atoms with Crippen LogP contribution in [0.25, 0.3) is 0 Å². The molecule has 0 aromatic carbocycles. The summed E-state index contributed by atoms with van der Waals surface area (Å²) < 4.78 is 0. The summed E-state index contributed by atoms with van der Waals surface area (Å²) in [5.41, 5.74) is 7.45. The van der Waals surface area contributed by atoms with Gasteiger partial charge < -0.3 is 5.73 Å². The number of fused-ring (bicyclic) bond motifs is 1. The molecule has 3 nitrogen and oxygen atoms in total. The van der Waals surface area contributed by atoms with Crippen molar-refractivity contribution in [2.45, 2.75) is 45.2 Å². The molecule has 0 bridgehead atoms. The third-order valence-electron chi connectivity index (χ3n) is 4.45. The zero-order valence-electron chi connectivity index (χ0n) is 11.5. The molecule has 1 saturated carbocycles. The number of aromatic nitrogens is 1. The maximum atomic E-state index is 6.18. The maximum Gasteiger partial charge on any atom is 0.107 e. The Morgan fingerprint density at radius 2 is 2.26 bits per heavy atom. The SMILES string of the molecule is CCCc1csc(CN2CC3CCC(N)C3C2)n1.Cl. The van der Waals surface area contributed by atoms with E-state index in [2.05, 4.69) is 17.2 Å². The molecule has 1 aromatic heterocycles. The Morgan fingerprint density at radius 1 is 1.42 bits per heavy atom. The lowest BCUT2D eigenvalue weighted by Gasteiger charge is -2.16. The zero-order valence-corrected chi connectivity index (χ0v) is 13.2. The van der Waals surface area contributed by atoms with E-state index < -0.39 is 0 Å². The fraction of sp³-hybridized carbons (Fsp3) is 0.786. The fourth-order valence-corrected chi connectivity index (χ4v) is 4.38. The minimum Gasteiger partial charge on any atom is -0.327 e. The van der Waals surface area contributed by atoms with Crippen LogP contribution in [0.3, 0.4) is 0 Å². The molecule has 2 heterocycles. The van der Waals surface area contributed by atoms with E-state index in [1.54, 1.807) is 0 Å². The largest absolute Gasteiger partial charge is 0.327 e. The van der Waals surface area contributed by atoms with E-state index in [4.69, 9.17) is 10.7 Å². The van der Waals surface area contributed by atoms with Crippen molar-refractivity contribution in [3.8, 4) is 0 Å². The molecular formula is C14H24ClN3S. The van der Waals surface area contributed by atoms with Gasteiger partial charge in [-0.25, -0.2) is 4.98 Å². The second-order valence-corrected chi connectivity index (χ2v) is 6.78. The van der Waals surface area contributed by atoms with Crippen molar-refractivity contribution >= 4 is 23.7 Å². The Balaban J connectivity index is 0.00000133. The number of likely N-dealkylation sites (tertiary alicyclic amines) is 1. The summed E-state index contributed by atoms with van der Waals surface area (Å²) in [6.07, 6.45) is 4.88. The van der Waals surface area contributed by atoms with Crippen LogP contribution in [-0.2, 0) is 13.0 Å². The van der Waals surface area contributed by atoms with Crippen LogP contribution < -0.4 is 5.73 Å². The third kappa shape index (κ3) is 3.30. The summed E-state index contributed by atoms with van der Waals surface area (Å²) in [5.74, 6) is 1.61. The Morgan fingerprint density at radius 3 is 3.00 bits per heavy atom. The number of rotatable bonds is 4. The first kappa shape index (κ1) is 15.2. The van der Waals surface area contributed by atoms with Crippen LogP contribution in [0.1, 0.15) is 36.9 Å². The zero-order chi connectivity index (χ0) is 12.5. The molecule has 3 rings (SSSR count). The molecule has 3 atom stereocenters. The highest BCUT2D eigenvalue weighted by Crippen LogP contribution is 2.37. The molecule has 108 valence electrons. The second-order valence-electron chi connectivity index (χ2n) is 5.84. The predicted molar refractivity (Wildman–Crippen MR) is 82.8 cm³/mol. The summed E-state index contributed by atoms with van der Waals surface area (Å²) >= 11 is 1.82. The van der Waals surface area contributed by atoms with Crippen LogP contribution in [0, 0.1) is 11.8 Å². The summed E-state index contributed by atoms with van der Waals surface area (Å²) in [7, 11) is 0. The standard InChI is InChI=1S/C14H23N3S.ClH/c1-2-3-11-9-18-14(16-11)8-17-6-10-4-5-13(15)12(10)7-17;/h9-10,12-13H,2-8,15H2,1H3;1H. The molecule has 0 radical (unpaired) electrons. The summed E-state index contributed by atoms with van der Waals surface area (Å²) in [5, 5.41) is 3.51. The second kappa shape index (κ2) is 6.53. The molecule has 0 amide bonds. The highest BCUT2D eigenvalue weighted by molar-refractivity contribution is 7.09. The van der Waals surface area contributed by atoms with Crippen molar-refractivity contribution in [2.75, 3.05) is 13.1 Å². The van der Waals surface area contributed by atoms with Gasteiger partial charge in [0, 0.05) is 24.5 Å². The van der Waals surface area contributed by atoms with Crippen LogP contribution in [0.2, 0.25) is 0 Å². The van der Waals surface area contributed by atoms with Crippen molar-refractivity contribution in [3.05, 3.63) is 16.1 Å². The van der Waals surface area contributed by atoms with E-state index in [0.29, 0.717) is 6.04 Å². The first-order valence-corrected chi connectivity index (χ1v) is 8.05. The van der Waals surface area contributed by atoms with Crippen molar-refractivity contribution in [3.63, 3.8) is 0 Å². The Bertz CT molecular complexity index is 409. The molecule has 1 saturated heterocycles. The number of thiazole rings is 1. The lowest BCUT2D eigenvalue weighted by molar-refractivity contribution is 0.297. The van der Waals surface area contributed by atoms with Crippen LogP contribution in [0.4, 0.5) is 0 Å². The quantitative estimate of drug-likeness (QED) is 0.930. The molecular weight excluding hydrogens is 278 g/mol. The Kier molecular flexibility index (Phi) is 5.23. The first-order valence-electron chi connectivity index (χ1n) is 7.17. The highest BCUT2D eigenvalue weighted by Gasteiger charge is 2.40. The van der Waals surface area contributed by atoms with Gasteiger partial charge in [0.1, 0.15) is 5.01 Å². The van der Waals surface area contributed by atoms with Gasteiger partial charge in [0.2, 0.25) is 0 Å². The van der Waals surface area contributed by atoms with Crippen molar-refractivity contribution < 1.29 is 0 Å². The van der Waals surface area contributed by atoms with Gasteiger partial charge in [-0.05, 0) is 31.1 Å². The van der Waals surface area contributed by atoms with Gasteiger partial charge in [-0.1, -0.05) is 13.3 Å². The molecule has 19 heavy (non-hydrogen) atoms. The number of nitrogens with two attached hydrogens (primary N) is 1. The molecule has 1 aliphatic heterocycles. The fourth-order valence-electron chi connectivity index (χ4n) is 3.51. The summed E-state index contributed by atoms with van der Waals surface area (Å²) in [6.45, 7) is 5.67. The highest BCUT2D eigenvalue weighted by atomic mass is 35.5. The van der Waals surface area contributed by atoms with Gasteiger partial charge >= 0.3 is 0 Å². The van der Waals surface area contributed by atoms with E-state index in [1.807, 2.05) is 11.3 Å². The van der Waals surface area contributed by atoms with Crippen LogP contribution in [-0.4, -0.2) is 29.0 Å². The minimum absolute atomic E-state index is 0. The number of nitrogens with zero attached hydrogens (tertiary/aromatic N) is 2. The molecule has 2 aliphatic rings. The molecule has 2 N–H and O–H groups in total. The molecule has 3 unspecified atom stereocenters. The van der Waals surface area contributed by atoms with Gasteiger partial charge in [0.15, 0.2) is 0 Å². The van der Waals surface area contributed by atoms with Crippen molar-refractivity contribution in [1.82, 2.24) is 9.88 Å². The van der Waals surface area contributed by atoms with Gasteiger partial charge in [-0.3, -0.25) is 4.90 Å². The van der Waals surface area contributed by atoms with Crippen molar-refractivity contribution in [1.29, 1.82) is 0 Å². The molecule has 1 aliphatic carbocycles. The topological polar surface area (TPSA) is 42.1 Å². The molecule has 5 heteroatoms. The lowest BCUT2D eigenvalue weighted by Crippen LogP contribution is -2.30. The smallest absolute Gasteiger partial charge is 0.107 e. The number of halogens is 1. The van der Waals surface area contributed by atoms with E-state index in [-0.39, 0.29) is 12.4 Å². The Hall–Kier alpha value is -0.160. The number of hydrogen-bond acceptors (Lipinski definition) is 4. The van der Waals surface area contributed by atoms with Crippen LogP contribution >= 0.6 is 23.7 Å². The van der Waals surface area contributed by atoms with E-state index in [9.17, 15) is 0 Å². The predicted octanol–water partition coefficient (Wildman–Crippen LogP) is 2.69. The lowest BCUT2D eigenvalue weighted by atomic mass is 9.98. The minimum atomic E-state index is 0. The molecule has 2 fully saturated rings. The van der Waals surface area contributed by atoms with Crippen LogP contribution in [0.15, 0.2) is 5.38 Å². The normalized spacial score (nSPS) is 30.3. The Labute approximate surface area is 126 Å². The average molecular weight is 302 g/mol. The monoisotopic (exact) mass is 301 g/mol. The number of hydrogen-bond donors (Lipinski definition) is 1. The molecule has 1 aromatic rings. The first-order chi connectivity index (χ1) is 8.76. The van der Waals surface area contributed by atoms with Gasteiger partial charge in [-0.2, -0.15) is 0 Å². The average Bonchev–Trinajstić information content (AvgIpc) is 3.00. The van der Waals surface area contributed by atoms with E-state index in [1.165, 1.54) is 43.1 Å². The van der Waals surface area contributed by atoms with Crippen LogP contribution in [0.5, 0.6) is 0 Å². The van der Waals surface area contributed by atoms with Gasteiger partial charge in [0.25, 0.3) is 0 Å². The van der Waals surface area contributed by atoms with E-state index in [0.717, 1.165) is 24.8 Å². The summed E-state index contributed by atoms with van der Waals surface area (Å²) in [6, 6.07) is 0.451. The van der Waals surface area contributed by atoms with Crippen molar-refractivity contribution in [2.24, 2.45) is 17.6 Å². The van der Waals surface area contributed by atoms with Gasteiger partial charge in [0.05, 0.1) is 12.2 Å². The molecule has 0 spiro atoms. The third-order valence-corrected chi connectivity index (χ3v) is 5.33. The maximum absolute atomic E-state index is 6.18.